The van der Waals surface area contributed by atoms with Gasteiger partial charge in [-0.15, -0.1) is 0 Å². The average Bonchev–Trinajstić information content (AvgIpc) is 2.61. The fourth-order valence-corrected chi connectivity index (χ4v) is 5.24. The van der Waals surface area contributed by atoms with Crippen molar-refractivity contribution in [2.45, 2.75) is 110 Å². The lowest BCUT2D eigenvalue weighted by Crippen LogP contribution is -2.26. The number of rotatable bonds is 9. The van der Waals surface area contributed by atoms with E-state index in [1.165, 1.54) is 83.5 Å². The van der Waals surface area contributed by atoms with Crippen LogP contribution in [0, 0.1) is 23.7 Å². The van der Waals surface area contributed by atoms with Crippen LogP contribution < -0.4 is 0 Å². The molecule has 2 saturated carbocycles. The molecule has 0 atom stereocenters. The molecule has 0 saturated heterocycles. The van der Waals surface area contributed by atoms with Gasteiger partial charge in [0.15, 0.2) is 0 Å². The first-order valence-corrected chi connectivity index (χ1v) is 10.9. The van der Waals surface area contributed by atoms with Gasteiger partial charge in [0.25, 0.3) is 0 Å². The summed E-state index contributed by atoms with van der Waals surface area (Å²) in [6.45, 7) is 9.02. The zero-order valence-electron chi connectivity index (χ0n) is 16.1. The molecule has 0 bridgehead atoms. The van der Waals surface area contributed by atoms with Gasteiger partial charge in [-0.05, 0) is 75.0 Å². The molecular formula is C23H42. The Morgan fingerprint density at radius 1 is 0.739 bits per heavy atom. The molecule has 0 radical (unpaired) electrons. The molecule has 134 valence electrons. The molecule has 2 aliphatic carbocycles. The second-order valence-corrected chi connectivity index (χ2v) is 8.65. The highest BCUT2D eigenvalue weighted by molar-refractivity contribution is 5.02. The van der Waals surface area contributed by atoms with E-state index in [0.717, 1.165) is 23.7 Å². The van der Waals surface area contributed by atoms with Crippen LogP contribution in [-0.2, 0) is 0 Å². The normalized spacial score (nSPS) is 31.9. The smallest absolute Gasteiger partial charge is 0.0206 e. The predicted octanol–water partition coefficient (Wildman–Crippen LogP) is 7.93. The van der Waals surface area contributed by atoms with Crippen molar-refractivity contribution in [2.75, 3.05) is 0 Å². The third kappa shape index (κ3) is 6.28. The van der Waals surface area contributed by atoms with Crippen molar-refractivity contribution < 1.29 is 0 Å². The summed E-state index contributed by atoms with van der Waals surface area (Å²) in [4.78, 5) is 0. The Labute approximate surface area is 146 Å². The van der Waals surface area contributed by atoms with E-state index in [4.69, 9.17) is 0 Å². The Balaban J connectivity index is 1.63. The molecule has 23 heavy (non-hydrogen) atoms. The molecule has 0 aromatic carbocycles. The van der Waals surface area contributed by atoms with E-state index in [1.54, 1.807) is 18.4 Å². The van der Waals surface area contributed by atoms with Gasteiger partial charge < -0.3 is 0 Å². The second-order valence-electron chi connectivity index (χ2n) is 8.65. The summed E-state index contributed by atoms with van der Waals surface area (Å²) in [7, 11) is 0. The molecule has 0 N–H and O–H groups in total. The van der Waals surface area contributed by atoms with Gasteiger partial charge in [0, 0.05) is 0 Å². The molecule has 2 aliphatic rings. The zero-order valence-corrected chi connectivity index (χ0v) is 16.1. The number of hydrogen-bond donors (Lipinski definition) is 0. The summed E-state index contributed by atoms with van der Waals surface area (Å²) in [5, 5.41) is 0. The monoisotopic (exact) mass is 318 g/mol. The summed E-state index contributed by atoms with van der Waals surface area (Å²) in [6.07, 6.45) is 21.8. The molecule has 0 heterocycles. The van der Waals surface area contributed by atoms with Gasteiger partial charge in [-0.1, -0.05) is 70.9 Å². The summed E-state index contributed by atoms with van der Waals surface area (Å²) in [5.74, 6) is 4.07. The van der Waals surface area contributed by atoms with Crippen molar-refractivity contribution in [3.8, 4) is 0 Å². The SMILES string of the molecule is C=C(CCCC)C1CCC(C2CCC(CCCCC)CC2)CC1. The van der Waals surface area contributed by atoms with Crippen LogP contribution in [0.5, 0.6) is 0 Å². The Kier molecular flexibility index (Phi) is 8.77. The van der Waals surface area contributed by atoms with Gasteiger partial charge in [0.2, 0.25) is 0 Å². The molecule has 0 spiro atoms. The quantitative estimate of drug-likeness (QED) is 0.299. The highest BCUT2D eigenvalue weighted by Gasteiger charge is 2.31. The Morgan fingerprint density at radius 3 is 1.87 bits per heavy atom. The van der Waals surface area contributed by atoms with Gasteiger partial charge in [0.1, 0.15) is 0 Å². The maximum Gasteiger partial charge on any atom is -0.0206 e. The molecular weight excluding hydrogens is 276 g/mol. The average molecular weight is 319 g/mol. The third-order valence-corrected chi connectivity index (χ3v) is 6.97. The van der Waals surface area contributed by atoms with Crippen molar-refractivity contribution in [3.05, 3.63) is 12.2 Å². The van der Waals surface area contributed by atoms with E-state index in [0.29, 0.717) is 0 Å². The van der Waals surface area contributed by atoms with Crippen molar-refractivity contribution >= 4 is 0 Å². The molecule has 0 nitrogen and oxygen atoms in total. The van der Waals surface area contributed by atoms with Crippen LogP contribution in [-0.4, -0.2) is 0 Å². The van der Waals surface area contributed by atoms with E-state index in [9.17, 15) is 0 Å². The minimum atomic E-state index is 0.864. The Morgan fingerprint density at radius 2 is 1.30 bits per heavy atom. The lowest BCUT2D eigenvalue weighted by molar-refractivity contribution is 0.149. The Bertz CT molecular complexity index is 313. The molecule has 0 aromatic heterocycles. The van der Waals surface area contributed by atoms with Crippen LogP contribution in [0.3, 0.4) is 0 Å². The molecule has 0 heteroatoms. The van der Waals surface area contributed by atoms with Crippen LogP contribution in [0.1, 0.15) is 110 Å². The minimum Gasteiger partial charge on any atom is -0.0996 e. The number of hydrogen-bond acceptors (Lipinski definition) is 0. The van der Waals surface area contributed by atoms with E-state index >= 15 is 0 Å². The van der Waals surface area contributed by atoms with Gasteiger partial charge in [-0.3, -0.25) is 0 Å². The summed E-state index contributed by atoms with van der Waals surface area (Å²) in [5.41, 5.74) is 1.57. The largest absolute Gasteiger partial charge is 0.0996 e. The number of allylic oxidation sites excluding steroid dienone is 1. The minimum absolute atomic E-state index is 0.864. The topological polar surface area (TPSA) is 0 Å². The zero-order chi connectivity index (χ0) is 16.5. The van der Waals surface area contributed by atoms with Crippen molar-refractivity contribution in [1.29, 1.82) is 0 Å². The predicted molar refractivity (Wildman–Crippen MR) is 104 cm³/mol. The molecule has 0 aromatic rings. The van der Waals surface area contributed by atoms with Crippen LogP contribution in [0.25, 0.3) is 0 Å². The van der Waals surface area contributed by atoms with Gasteiger partial charge in [-0.2, -0.15) is 0 Å². The van der Waals surface area contributed by atoms with Gasteiger partial charge in [0.05, 0.1) is 0 Å². The third-order valence-electron chi connectivity index (χ3n) is 6.97. The molecule has 2 fully saturated rings. The van der Waals surface area contributed by atoms with Crippen LogP contribution in [0.15, 0.2) is 12.2 Å². The molecule has 0 aliphatic heterocycles. The summed E-state index contributed by atoms with van der Waals surface area (Å²) >= 11 is 0. The maximum absolute atomic E-state index is 4.40. The van der Waals surface area contributed by atoms with E-state index < -0.39 is 0 Å². The standard InChI is InChI=1S/C23H42/c1-4-6-8-10-20-11-13-22(14-12-20)23-17-15-21(16-18-23)19(3)9-7-5-2/h20-23H,3-18H2,1-2H3. The highest BCUT2D eigenvalue weighted by Crippen LogP contribution is 2.43. The van der Waals surface area contributed by atoms with Crippen LogP contribution in [0.2, 0.25) is 0 Å². The van der Waals surface area contributed by atoms with Gasteiger partial charge in [-0.25, -0.2) is 0 Å². The summed E-state index contributed by atoms with van der Waals surface area (Å²) in [6, 6.07) is 0. The van der Waals surface area contributed by atoms with Crippen LogP contribution >= 0.6 is 0 Å². The van der Waals surface area contributed by atoms with E-state index in [2.05, 4.69) is 20.4 Å². The van der Waals surface area contributed by atoms with E-state index in [1.807, 2.05) is 0 Å². The second kappa shape index (κ2) is 10.6. The molecule has 0 amide bonds. The van der Waals surface area contributed by atoms with Crippen molar-refractivity contribution in [3.63, 3.8) is 0 Å². The Hall–Kier alpha value is -0.260. The highest BCUT2D eigenvalue weighted by atomic mass is 14.4. The first kappa shape index (κ1) is 19.1. The first-order valence-electron chi connectivity index (χ1n) is 10.9. The van der Waals surface area contributed by atoms with Crippen molar-refractivity contribution in [2.24, 2.45) is 23.7 Å². The van der Waals surface area contributed by atoms with Crippen molar-refractivity contribution in [1.82, 2.24) is 0 Å². The fourth-order valence-electron chi connectivity index (χ4n) is 5.24. The molecule has 0 unspecified atom stereocenters. The van der Waals surface area contributed by atoms with Crippen LogP contribution in [0.4, 0.5) is 0 Å². The molecule has 2 rings (SSSR count). The maximum atomic E-state index is 4.40. The fraction of sp³-hybridized carbons (Fsp3) is 0.913. The van der Waals surface area contributed by atoms with Gasteiger partial charge >= 0.3 is 0 Å². The lowest BCUT2D eigenvalue weighted by atomic mass is 9.67. The van der Waals surface area contributed by atoms with E-state index in [-0.39, 0.29) is 0 Å². The lowest BCUT2D eigenvalue weighted by Gasteiger charge is -2.38. The number of unbranched alkanes of at least 4 members (excludes halogenated alkanes) is 3. The summed E-state index contributed by atoms with van der Waals surface area (Å²) < 4.78 is 0. The first-order chi connectivity index (χ1) is 11.2.